The summed E-state index contributed by atoms with van der Waals surface area (Å²) in [6.07, 6.45) is 4.34. The molecule has 5 nitrogen and oxygen atoms in total. The third-order valence-corrected chi connectivity index (χ3v) is 4.08. The Bertz CT molecular complexity index is 481. The van der Waals surface area contributed by atoms with Crippen molar-refractivity contribution in [1.82, 2.24) is 14.8 Å². The summed E-state index contributed by atoms with van der Waals surface area (Å²) in [5, 5.41) is 0. The number of carbonyl (C=O) groups is 2. The van der Waals surface area contributed by atoms with E-state index in [0.29, 0.717) is 18.9 Å². The van der Waals surface area contributed by atoms with Gasteiger partial charge in [-0.1, -0.05) is 0 Å². The number of aromatic nitrogens is 1. The minimum absolute atomic E-state index is 0.00814. The van der Waals surface area contributed by atoms with Gasteiger partial charge in [0.25, 0.3) is 0 Å². The lowest BCUT2D eigenvalue weighted by atomic mass is 10.0. The molecule has 1 unspecified atom stereocenters. The Morgan fingerprint density at radius 3 is 2.32 bits per heavy atom. The Labute approximate surface area is 112 Å². The van der Waals surface area contributed by atoms with Crippen LogP contribution in [0.4, 0.5) is 0 Å². The summed E-state index contributed by atoms with van der Waals surface area (Å²) in [6, 6.07) is 4.38. The van der Waals surface area contributed by atoms with Gasteiger partial charge in [0, 0.05) is 44.4 Å². The molecule has 2 amide bonds. The van der Waals surface area contributed by atoms with Gasteiger partial charge in [0.05, 0.1) is 6.04 Å². The van der Waals surface area contributed by atoms with E-state index in [4.69, 9.17) is 0 Å². The summed E-state index contributed by atoms with van der Waals surface area (Å²) in [4.78, 5) is 31.0. The Hall–Kier alpha value is -1.75. The van der Waals surface area contributed by atoms with Crippen molar-refractivity contribution < 1.29 is 9.59 Å². The largest absolute Gasteiger partial charge is 0.292 e. The smallest absolute Gasteiger partial charge is 0.230 e. The number of hydrogen-bond donors (Lipinski definition) is 0. The molecule has 100 valence electrons. The van der Waals surface area contributed by atoms with Gasteiger partial charge >= 0.3 is 0 Å². The fourth-order valence-electron chi connectivity index (χ4n) is 2.82. The Balaban J connectivity index is 1.61. The molecule has 0 aliphatic carbocycles. The lowest BCUT2D eigenvalue weighted by molar-refractivity contribution is -0.145. The van der Waals surface area contributed by atoms with E-state index in [0.717, 1.165) is 13.1 Å². The number of pyridine rings is 1. The Morgan fingerprint density at radius 2 is 1.74 bits per heavy atom. The molecule has 19 heavy (non-hydrogen) atoms. The minimum atomic E-state index is -0.00814. The summed E-state index contributed by atoms with van der Waals surface area (Å²) >= 11 is 0. The van der Waals surface area contributed by atoms with Gasteiger partial charge in [-0.25, -0.2) is 0 Å². The van der Waals surface area contributed by atoms with E-state index in [9.17, 15) is 9.59 Å². The molecular weight excluding hydrogens is 242 g/mol. The van der Waals surface area contributed by atoms with Gasteiger partial charge in [0.1, 0.15) is 0 Å². The van der Waals surface area contributed by atoms with Crippen LogP contribution in [0.3, 0.4) is 0 Å². The SMILES string of the molecule is CC(c1ccncc1)N1CC(N2C(=O)CCC2=O)C1. The molecule has 3 rings (SSSR count). The van der Waals surface area contributed by atoms with Gasteiger partial charge in [-0.05, 0) is 24.6 Å². The first-order chi connectivity index (χ1) is 9.16. The Morgan fingerprint density at radius 1 is 1.16 bits per heavy atom. The van der Waals surface area contributed by atoms with Crippen LogP contribution in [0.15, 0.2) is 24.5 Å². The highest BCUT2D eigenvalue weighted by molar-refractivity contribution is 6.02. The van der Waals surface area contributed by atoms with Crippen LogP contribution in [-0.2, 0) is 9.59 Å². The van der Waals surface area contributed by atoms with Crippen molar-refractivity contribution in [2.75, 3.05) is 13.1 Å². The molecule has 0 spiro atoms. The van der Waals surface area contributed by atoms with Crippen molar-refractivity contribution in [1.29, 1.82) is 0 Å². The van der Waals surface area contributed by atoms with Crippen molar-refractivity contribution in [3.63, 3.8) is 0 Å². The van der Waals surface area contributed by atoms with E-state index in [1.807, 2.05) is 12.1 Å². The lowest BCUT2D eigenvalue weighted by Crippen LogP contribution is -2.61. The number of rotatable bonds is 3. The van der Waals surface area contributed by atoms with E-state index in [2.05, 4.69) is 16.8 Å². The van der Waals surface area contributed by atoms with Crippen LogP contribution in [-0.4, -0.2) is 45.7 Å². The predicted octanol–water partition coefficient (Wildman–Crippen LogP) is 0.976. The maximum Gasteiger partial charge on any atom is 0.230 e. The number of imide groups is 1. The number of carbonyl (C=O) groups excluding carboxylic acids is 2. The molecule has 1 aromatic heterocycles. The molecule has 0 N–H and O–H groups in total. The highest BCUT2D eigenvalue weighted by Crippen LogP contribution is 2.29. The molecule has 2 aliphatic rings. The molecule has 0 aromatic carbocycles. The van der Waals surface area contributed by atoms with E-state index in [1.165, 1.54) is 10.5 Å². The normalized spacial score (nSPS) is 22.7. The van der Waals surface area contributed by atoms with Crippen LogP contribution in [0.25, 0.3) is 0 Å². The summed E-state index contributed by atoms with van der Waals surface area (Å²) in [6.45, 7) is 3.70. The van der Waals surface area contributed by atoms with E-state index >= 15 is 0 Å². The topological polar surface area (TPSA) is 53.5 Å². The van der Waals surface area contributed by atoms with Gasteiger partial charge in [-0.2, -0.15) is 0 Å². The first-order valence-corrected chi connectivity index (χ1v) is 6.65. The molecule has 1 aromatic rings. The van der Waals surface area contributed by atoms with E-state index < -0.39 is 0 Å². The van der Waals surface area contributed by atoms with Crippen LogP contribution < -0.4 is 0 Å². The van der Waals surface area contributed by atoms with Crippen LogP contribution in [0.5, 0.6) is 0 Å². The maximum absolute atomic E-state index is 11.6. The molecule has 0 saturated carbocycles. The minimum Gasteiger partial charge on any atom is -0.292 e. The third-order valence-electron chi connectivity index (χ3n) is 4.08. The first kappa shape index (κ1) is 12.3. The van der Waals surface area contributed by atoms with Crippen molar-refractivity contribution >= 4 is 11.8 Å². The van der Waals surface area contributed by atoms with Crippen LogP contribution in [0.1, 0.15) is 31.4 Å². The van der Waals surface area contributed by atoms with Crippen molar-refractivity contribution in [3.05, 3.63) is 30.1 Å². The van der Waals surface area contributed by atoms with Crippen molar-refractivity contribution in [3.8, 4) is 0 Å². The lowest BCUT2D eigenvalue weighted by Gasteiger charge is -2.46. The number of likely N-dealkylation sites (tertiary alicyclic amines) is 2. The zero-order valence-electron chi connectivity index (χ0n) is 11.0. The first-order valence-electron chi connectivity index (χ1n) is 6.65. The fraction of sp³-hybridized carbons (Fsp3) is 0.500. The number of amides is 2. The van der Waals surface area contributed by atoms with Crippen molar-refractivity contribution in [2.24, 2.45) is 0 Å². The zero-order chi connectivity index (χ0) is 13.4. The second-order valence-corrected chi connectivity index (χ2v) is 5.22. The molecule has 2 aliphatic heterocycles. The fourth-order valence-corrected chi connectivity index (χ4v) is 2.82. The molecule has 5 heteroatoms. The predicted molar refractivity (Wildman–Crippen MR) is 69.1 cm³/mol. The van der Waals surface area contributed by atoms with Crippen LogP contribution in [0, 0.1) is 0 Å². The van der Waals surface area contributed by atoms with E-state index in [1.54, 1.807) is 12.4 Å². The zero-order valence-corrected chi connectivity index (χ0v) is 11.0. The second kappa shape index (κ2) is 4.74. The van der Waals surface area contributed by atoms with Gasteiger partial charge in [0.15, 0.2) is 0 Å². The average molecular weight is 259 g/mol. The summed E-state index contributed by atoms with van der Waals surface area (Å²) in [5.41, 5.74) is 1.22. The molecule has 0 bridgehead atoms. The quantitative estimate of drug-likeness (QED) is 0.759. The monoisotopic (exact) mass is 259 g/mol. The highest BCUT2D eigenvalue weighted by atomic mass is 16.2. The second-order valence-electron chi connectivity index (χ2n) is 5.22. The summed E-state index contributed by atoms with van der Waals surface area (Å²) < 4.78 is 0. The molecule has 3 heterocycles. The molecule has 0 radical (unpaired) electrons. The molecule has 1 atom stereocenters. The van der Waals surface area contributed by atoms with Gasteiger partial charge in [0.2, 0.25) is 11.8 Å². The third kappa shape index (κ3) is 2.14. The molecule has 2 saturated heterocycles. The van der Waals surface area contributed by atoms with Crippen molar-refractivity contribution in [2.45, 2.75) is 31.8 Å². The summed E-state index contributed by atoms with van der Waals surface area (Å²) in [5.74, 6) is -0.0163. The average Bonchev–Trinajstić information content (AvgIpc) is 2.70. The van der Waals surface area contributed by atoms with E-state index in [-0.39, 0.29) is 17.9 Å². The standard InChI is InChI=1S/C14H17N3O2/c1-10(11-4-6-15-7-5-11)16-8-12(9-16)17-13(18)2-3-14(17)19/h4-7,10,12H,2-3,8-9H2,1H3. The van der Waals surface area contributed by atoms with Gasteiger partial charge < -0.3 is 0 Å². The maximum atomic E-state index is 11.6. The summed E-state index contributed by atoms with van der Waals surface area (Å²) in [7, 11) is 0. The Kier molecular flexibility index (Phi) is 3.06. The molecular formula is C14H17N3O2. The molecule has 2 fully saturated rings. The van der Waals surface area contributed by atoms with Gasteiger partial charge in [-0.3, -0.25) is 24.4 Å². The van der Waals surface area contributed by atoms with Gasteiger partial charge in [-0.15, -0.1) is 0 Å². The van der Waals surface area contributed by atoms with Crippen LogP contribution in [0.2, 0.25) is 0 Å². The highest BCUT2D eigenvalue weighted by Gasteiger charge is 2.42. The number of nitrogens with zero attached hydrogens (tertiary/aromatic N) is 3. The number of hydrogen-bond acceptors (Lipinski definition) is 4. The van der Waals surface area contributed by atoms with Crippen LogP contribution >= 0.6 is 0 Å².